The summed E-state index contributed by atoms with van der Waals surface area (Å²) >= 11 is 0. The van der Waals surface area contributed by atoms with Gasteiger partial charge >= 0.3 is 0 Å². The summed E-state index contributed by atoms with van der Waals surface area (Å²) in [7, 11) is -4.20. The molecule has 0 fully saturated rings. The molecule has 0 heterocycles. The van der Waals surface area contributed by atoms with E-state index in [9.17, 15) is 5.11 Å². The van der Waals surface area contributed by atoms with E-state index in [-0.39, 0.29) is 26.5 Å². The minimum atomic E-state index is -3.32. The van der Waals surface area contributed by atoms with Crippen LogP contribution >= 0.6 is 15.1 Å². The van der Waals surface area contributed by atoms with E-state index in [1.807, 2.05) is 133 Å². The van der Waals surface area contributed by atoms with Crippen LogP contribution in [0.15, 0.2) is 224 Å². The largest absolute Gasteiger partial charge is 0.378 e. The van der Waals surface area contributed by atoms with Crippen LogP contribution in [0.3, 0.4) is 0 Å². The van der Waals surface area contributed by atoms with E-state index in [1.165, 1.54) is 15.9 Å². The molecule has 0 saturated heterocycles. The summed E-state index contributed by atoms with van der Waals surface area (Å²) in [5.41, 5.74) is 1.27. The Kier molecular flexibility index (Phi) is 14.1. The van der Waals surface area contributed by atoms with Crippen LogP contribution in [-0.4, -0.2) is 5.11 Å². The topological polar surface area (TPSA) is 37.3 Å². The van der Waals surface area contributed by atoms with Crippen LogP contribution in [0, 0.1) is 6.07 Å². The summed E-state index contributed by atoms with van der Waals surface area (Å²) in [5, 5.41) is 19.0. The Balaban J connectivity index is 0.000000237. The number of hydrogen-bond acceptors (Lipinski definition) is 2. The van der Waals surface area contributed by atoms with Crippen molar-refractivity contribution in [1.82, 2.24) is 0 Å². The molecule has 8 aromatic rings. The third-order valence-electron chi connectivity index (χ3n) is 10.3. The van der Waals surface area contributed by atoms with E-state index >= 15 is 4.57 Å². The molecule has 0 amide bonds. The Morgan fingerprint density at radius 1 is 0.448 bits per heavy atom. The maximum atomic E-state index is 15.3. The first kappa shape index (κ1) is 42.7. The standard InChI is InChI=1S/C35H32O2P.C18H15P.Pt/c1-34(2,3)29-24-30(35(36,27-16-8-4-9-17-27)28-18-10-5-11-19-28)26-33(25-29)38(37,31-20-12-6-13-21-31)32-22-14-7-15-23-32;1-4-10-16(11-5-1)19(17-12-6-2-7-13-17)18-14-8-3-9-15-18;/h4-25,36H,1-3H3;1-15H;/q-1;;/p+1. The van der Waals surface area contributed by atoms with Gasteiger partial charge in [-0.05, 0) is 52.9 Å². The molecule has 0 radical (unpaired) electrons. The first-order valence-corrected chi connectivity index (χ1v) is 22.6. The van der Waals surface area contributed by atoms with Crippen LogP contribution in [0.25, 0.3) is 0 Å². The van der Waals surface area contributed by atoms with Gasteiger partial charge in [0.25, 0.3) is 0 Å². The average molecular weight is 974 g/mol. The molecule has 8 aromatic carbocycles. The predicted octanol–water partition coefficient (Wildman–Crippen LogP) is 9.88. The molecule has 2 nitrogen and oxygen atoms in total. The first-order valence-electron chi connectivity index (χ1n) is 19.4. The van der Waals surface area contributed by atoms with Crippen molar-refractivity contribution < 1.29 is 30.7 Å². The van der Waals surface area contributed by atoms with Gasteiger partial charge in [0.2, 0.25) is 0 Å². The molecule has 5 heteroatoms. The SMILES string of the molecule is CC(C)(C)c1cc(C(O)(c2ccccc2)c2ccccc2)[c-]c(P(=O)(c2ccccc2)c2ccccc2)c1.[Pt].c1ccc([PH+](c2ccccc2)c2ccccc2)cc1. The Morgan fingerprint density at radius 2 is 0.759 bits per heavy atom. The maximum Gasteiger partial charge on any atom is 0.147 e. The summed E-state index contributed by atoms with van der Waals surface area (Å²) in [6.45, 7) is 6.40. The van der Waals surface area contributed by atoms with E-state index in [2.05, 4.69) is 118 Å². The Morgan fingerprint density at radius 3 is 1.09 bits per heavy atom. The molecule has 0 spiro atoms. The molecule has 0 bridgehead atoms. The minimum Gasteiger partial charge on any atom is -0.378 e. The smallest absolute Gasteiger partial charge is 0.147 e. The quantitative estimate of drug-likeness (QED) is 0.0890. The normalized spacial score (nSPS) is 11.5. The second-order valence-corrected chi connectivity index (χ2v) is 20.3. The number of benzene rings is 8. The molecule has 292 valence electrons. The fraction of sp³-hybridized carbons (Fsp3) is 0.0943. The molecule has 0 aliphatic carbocycles. The predicted molar refractivity (Wildman–Crippen MR) is 245 cm³/mol. The van der Waals surface area contributed by atoms with Crippen molar-refractivity contribution in [3.05, 3.63) is 253 Å². The van der Waals surface area contributed by atoms with Gasteiger partial charge in [-0.1, -0.05) is 202 Å². The van der Waals surface area contributed by atoms with Crippen LogP contribution < -0.4 is 31.8 Å². The number of rotatable bonds is 9. The molecule has 1 N–H and O–H groups in total. The van der Waals surface area contributed by atoms with Crippen molar-refractivity contribution in [2.24, 2.45) is 0 Å². The number of aliphatic hydroxyl groups is 1. The van der Waals surface area contributed by atoms with Crippen molar-refractivity contribution >= 4 is 46.9 Å². The Labute approximate surface area is 360 Å². The van der Waals surface area contributed by atoms with Crippen molar-refractivity contribution in [1.29, 1.82) is 0 Å². The molecule has 0 unspecified atom stereocenters. The molecular weight excluding hydrogens is 926 g/mol. The van der Waals surface area contributed by atoms with Crippen LogP contribution in [0.5, 0.6) is 0 Å². The Hall–Kier alpha value is -4.93. The fourth-order valence-electron chi connectivity index (χ4n) is 7.21. The second kappa shape index (κ2) is 19.2. The zero-order valence-electron chi connectivity index (χ0n) is 33.0. The molecule has 0 aliphatic rings. The van der Waals surface area contributed by atoms with E-state index < -0.39 is 20.7 Å². The summed E-state index contributed by atoms with van der Waals surface area (Å²) in [6.07, 6.45) is 0. The zero-order chi connectivity index (χ0) is 39.7. The third kappa shape index (κ3) is 9.34. The van der Waals surface area contributed by atoms with Crippen molar-refractivity contribution in [3.8, 4) is 0 Å². The average Bonchev–Trinajstić information content (AvgIpc) is 3.28. The van der Waals surface area contributed by atoms with Gasteiger partial charge < -0.3 is 9.67 Å². The number of hydrogen-bond donors (Lipinski definition) is 1. The molecule has 0 saturated carbocycles. The third-order valence-corrected chi connectivity index (χ3v) is 16.0. The van der Waals surface area contributed by atoms with E-state index in [0.717, 1.165) is 27.3 Å². The van der Waals surface area contributed by atoms with E-state index in [4.69, 9.17) is 0 Å². The summed E-state index contributed by atoms with van der Waals surface area (Å²) in [4.78, 5) is 0. The summed E-state index contributed by atoms with van der Waals surface area (Å²) in [6, 6.07) is 78.6. The maximum absolute atomic E-state index is 15.3. The molecule has 8 rings (SSSR count). The van der Waals surface area contributed by atoms with E-state index in [1.54, 1.807) is 0 Å². The van der Waals surface area contributed by atoms with Gasteiger partial charge in [0.1, 0.15) is 28.7 Å². The fourth-order valence-corrected chi connectivity index (χ4v) is 12.4. The van der Waals surface area contributed by atoms with Crippen LogP contribution in [-0.2, 0) is 36.6 Å². The van der Waals surface area contributed by atoms with Crippen LogP contribution in [0.4, 0.5) is 0 Å². The van der Waals surface area contributed by atoms with Gasteiger partial charge in [-0.15, -0.1) is 5.56 Å². The van der Waals surface area contributed by atoms with Gasteiger partial charge in [0.05, 0.1) is 7.92 Å². The Bertz CT molecular complexity index is 2330. The minimum absolute atomic E-state index is 0. The molecular formula is C53H48O2P2Pt. The van der Waals surface area contributed by atoms with Crippen LogP contribution in [0.2, 0.25) is 0 Å². The summed E-state index contributed by atoms with van der Waals surface area (Å²) in [5.74, 6) is 0. The van der Waals surface area contributed by atoms with E-state index in [0.29, 0.717) is 10.9 Å². The van der Waals surface area contributed by atoms with Crippen molar-refractivity contribution in [2.45, 2.75) is 31.8 Å². The first-order chi connectivity index (χ1) is 27.7. The molecule has 0 aromatic heterocycles. The van der Waals surface area contributed by atoms with Gasteiger partial charge in [-0.2, -0.15) is 23.8 Å². The van der Waals surface area contributed by atoms with Crippen molar-refractivity contribution in [3.63, 3.8) is 0 Å². The monoisotopic (exact) mass is 973 g/mol. The molecule has 0 aliphatic heterocycles. The second-order valence-electron chi connectivity index (χ2n) is 15.1. The molecule has 0 atom stereocenters. The zero-order valence-corrected chi connectivity index (χ0v) is 37.1. The molecule has 58 heavy (non-hydrogen) atoms. The van der Waals surface area contributed by atoms with Gasteiger partial charge in [-0.3, -0.25) is 0 Å². The van der Waals surface area contributed by atoms with Crippen LogP contribution in [0.1, 0.15) is 43.0 Å². The van der Waals surface area contributed by atoms with Gasteiger partial charge in [0, 0.05) is 31.7 Å². The van der Waals surface area contributed by atoms with Gasteiger partial charge in [0.15, 0.2) is 0 Å². The van der Waals surface area contributed by atoms with Crippen molar-refractivity contribution in [2.75, 3.05) is 0 Å². The summed E-state index contributed by atoms with van der Waals surface area (Å²) < 4.78 is 15.3. The van der Waals surface area contributed by atoms with Gasteiger partial charge in [-0.25, -0.2) is 0 Å².